The smallest absolute Gasteiger partial charge is 0.178 e. The third-order valence-corrected chi connectivity index (χ3v) is 4.33. The first-order valence-electron chi connectivity index (χ1n) is 6.83. The van der Waals surface area contributed by atoms with Crippen LogP contribution in [0.25, 0.3) is 5.65 Å². The first-order chi connectivity index (χ1) is 8.85. The lowest BCUT2D eigenvalue weighted by Gasteiger charge is -2.27. The standard InChI is InChI=1S/C13H17N5/c1-2-11-14-15-12-5-6-13(16-18(11)12)17-8-9-3-4-10(17)7-9/h5-6,9-10H,2-4,7-8H2,1H3/t9-,10-/m0/s1. The van der Waals surface area contributed by atoms with Crippen LogP contribution in [0.3, 0.4) is 0 Å². The molecule has 0 amide bonds. The number of anilines is 1. The molecular weight excluding hydrogens is 226 g/mol. The number of nitrogens with zero attached hydrogens (tertiary/aromatic N) is 5. The summed E-state index contributed by atoms with van der Waals surface area (Å²) in [5.41, 5.74) is 0.847. The van der Waals surface area contributed by atoms with Gasteiger partial charge in [-0.3, -0.25) is 0 Å². The Morgan fingerprint density at radius 2 is 2.22 bits per heavy atom. The van der Waals surface area contributed by atoms with Gasteiger partial charge < -0.3 is 4.90 Å². The Kier molecular flexibility index (Phi) is 2.10. The third kappa shape index (κ3) is 1.36. The molecule has 2 aromatic rings. The van der Waals surface area contributed by atoms with Crippen molar-refractivity contribution in [3.05, 3.63) is 18.0 Å². The molecule has 2 bridgehead atoms. The van der Waals surface area contributed by atoms with Gasteiger partial charge in [0.1, 0.15) is 5.82 Å². The summed E-state index contributed by atoms with van der Waals surface area (Å²) >= 11 is 0. The highest BCUT2D eigenvalue weighted by molar-refractivity contribution is 5.47. The minimum Gasteiger partial charge on any atom is -0.352 e. The molecule has 1 saturated carbocycles. The van der Waals surface area contributed by atoms with Crippen LogP contribution in [0.1, 0.15) is 32.0 Å². The lowest BCUT2D eigenvalue weighted by molar-refractivity contribution is 0.547. The van der Waals surface area contributed by atoms with Gasteiger partial charge in [0.25, 0.3) is 0 Å². The zero-order valence-corrected chi connectivity index (χ0v) is 10.6. The summed E-state index contributed by atoms with van der Waals surface area (Å²) in [5, 5.41) is 13.0. The van der Waals surface area contributed by atoms with Gasteiger partial charge in [-0.2, -0.15) is 4.52 Å². The molecule has 4 rings (SSSR count). The van der Waals surface area contributed by atoms with Gasteiger partial charge in [0, 0.05) is 19.0 Å². The van der Waals surface area contributed by atoms with Gasteiger partial charge in [-0.15, -0.1) is 15.3 Å². The first-order valence-corrected chi connectivity index (χ1v) is 6.83. The van der Waals surface area contributed by atoms with E-state index in [1.165, 1.54) is 25.8 Å². The van der Waals surface area contributed by atoms with E-state index in [4.69, 9.17) is 5.10 Å². The van der Waals surface area contributed by atoms with E-state index in [2.05, 4.69) is 28.1 Å². The van der Waals surface area contributed by atoms with E-state index in [0.717, 1.165) is 29.6 Å². The summed E-state index contributed by atoms with van der Waals surface area (Å²) in [5.74, 6) is 2.92. The topological polar surface area (TPSA) is 46.3 Å². The Morgan fingerprint density at radius 3 is 2.94 bits per heavy atom. The molecule has 1 saturated heterocycles. The average molecular weight is 243 g/mol. The maximum Gasteiger partial charge on any atom is 0.178 e. The number of hydrogen-bond acceptors (Lipinski definition) is 4. The highest BCUT2D eigenvalue weighted by atomic mass is 15.4. The summed E-state index contributed by atoms with van der Waals surface area (Å²) in [7, 11) is 0. The summed E-state index contributed by atoms with van der Waals surface area (Å²) in [6.07, 6.45) is 4.94. The van der Waals surface area contributed by atoms with Crippen molar-refractivity contribution in [3.8, 4) is 0 Å². The highest BCUT2D eigenvalue weighted by Crippen LogP contribution is 2.39. The summed E-state index contributed by atoms with van der Waals surface area (Å²) in [4.78, 5) is 2.47. The van der Waals surface area contributed by atoms with Crippen molar-refractivity contribution in [1.82, 2.24) is 19.8 Å². The number of hydrogen-bond donors (Lipinski definition) is 0. The molecule has 2 fully saturated rings. The minimum absolute atomic E-state index is 0.710. The molecule has 0 N–H and O–H groups in total. The van der Waals surface area contributed by atoms with Gasteiger partial charge in [0.2, 0.25) is 0 Å². The molecular formula is C13H17N5. The predicted octanol–water partition coefficient (Wildman–Crippen LogP) is 1.68. The van der Waals surface area contributed by atoms with Crippen molar-refractivity contribution < 1.29 is 0 Å². The summed E-state index contributed by atoms with van der Waals surface area (Å²) in [6.45, 7) is 3.26. The summed E-state index contributed by atoms with van der Waals surface area (Å²) < 4.78 is 1.89. The quantitative estimate of drug-likeness (QED) is 0.805. The van der Waals surface area contributed by atoms with Crippen molar-refractivity contribution in [3.63, 3.8) is 0 Å². The average Bonchev–Trinajstić information content (AvgIpc) is 3.12. The van der Waals surface area contributed by atoms with Gasteiger partial charge in [0.05, 0.1) is 0 Å². The molecule has 2 aliphatic rings. The van der Waals surface area contributed by atoms with Crippen LogP contribution < -0.4 is 4.90 Å². The fourth-order valence-corrected chi connectivity index (χ4v) is 3.40. The Labute approximate surface area is 106 Å². The van der Waals surface area contributed by atoms with Crippen molar-refractivity contribution in [2.45, 2.75) is 38.6 Å². The van der Waals surface area contributed by atoms with Gasteiger partial charge in [0.15, 0.2) is 11.5 Å². The van der Waals surface area contributed by atoms with E-state index < -0.39 is 0 Å². The Bertz CT molecular complexity index is 590. The van der Waals surface area contributed by atoms with Gasteiger partial charge in [-0.25, -0.2) is 0 Å². The SMILES string of the molecule is CCc1nnc2ccc(N3C[C@H]4CC[C@H]3C4)nn12. The second-order valence-electron chi connectivity index (χ2n) is 5.42. The van der Waals surface area contributed by atoms with Crippen LogP contribution >= 0.6 is 0 Å². The van der Waals surface area contributed by atoms with E-state index in [9.17, 15) is 0 Å². The van der Waals surface area contributed by atoms with Crippen LogP contribution in [-0.4, -0.2) is 32.4 Å². The van der Waals surface area contributed by atoms with Crippen LogP contribution in [0.15, 0.2) is 12.1 Å². The van der Waals surface area contributed by atoms with E-state index in [-0.39, 0.29) is 0 Å². The largest absolute Gasteiger partial charge is 0.352 e. The third-order valence-electron chi connectivity index (χ3n) is 4.33. The normalized spacial score (nSPS) is 26.4. The van der Waals surface area contributed by atoms with E-state index in [0.29, 0.717) is 6.04 Å². The lowest BCUT2D eigenvalue weighted by atomic mass is 10.1. The zero-order chi connectivity index (χ0) is 12.1. The first kappa shape index (κ1) is 10.3. The Morgan fingerprint density at radius 1 is 1.28 bits per heavy atom. The number of fused-ring (bicyclic) bond motifs is 3. The molecule has 2 atom stereocenters. The molecule has 2 aromatic heterocycles. The molecule has 5 heteroatoms. The predicted molar refractivity (Wildman–Crippen MR) is 68.6 cm³/mol. The lowest BCUT2D eigenvalue weighted by Crippen LogP contribution is -2.32. The molecule has 18 heavy (non-hydrogen) atoms. The maximum absolute atomic E-state index is 4.72. The Hall–Kier alpha value is -1.65. The molecule has 0 spiro atoms. The van der Waals surface area contributed by atoms with E-state index in [1.54, 1.807) is 0 Å². The Balaban J connectivity index is 1.76. The molecule has 3 heterocycles. The van der Waals surface area contributed by atoms with E-state index >= 15 is 0 Å². The van der Waals surface area contributed by atoms with Gasteiger partial charge in [-0.05, 0) is 37.3 Å². The van der Waals surface area contributed by atoms with Crippen molar-refractivity contribution in [1.29, 1.82) is 0 Å². The maximum atomic E-state index is 4.72. The number of piperidine rings is 1. The molecule has 0 unspecified atom stereocenters. The number of rotatable bonds is 2. The number of aryl methyl sites for hydroxylation is 1. The second-order valence-corrected chi connectivity index (χ2v) is 5.42. The monoisotopic (exact) mass is 243 g/mol. The van der Waals surface area contributed by atoms with Crippen LogP contribution in [0.2, 0.25) is 0 Å². The highest BCUT2D eigenvalue weighted by Gasteiger charge is 2.38. The molecule has 1 aliphatic heterocycles. The molecule has 0 aromatic carbocycles. The van der Waals surface area contributed by atoms with Crippen molar-refractivity contribution in [2.24, 2.45) is 5.92 Å². The van der Waals surface area contributed by atoms with Gasteiger partial charge >= 0.3 is 0 Å². The van der Waals surface area contributed by atoms with E-state index in [1.807, 2.05) is 10.6 Å². The molecule has 94 valence electrons. The summed E-state index contributed by atoms with van der Waals surface area (Å²) in [6, 6.07) is 4.83. The second kappa shape index (κ2) is 3.67. The molecule has 1 aliphatic carbocycles. The number of aromatic nitrogens is 4. The fraction of sp³-hybridized carbons (Fsp3) is 0.615. The molecule has 0 radical (unpaired) electrons. The minimum atomic E-state index is 0.710. The van der Waals surface area contributed by atoms with Gasteiger partial charge in [-0.1, -0.05) is 6.92 Å². The van der Waals surface area contributed by atoms with Crippen LogP contribution in [0.5, 0.6) is 0 Å². The van der Waals surface area contributed by atoms with Crippen LogP contribution in [-0.2, 0) is 6.42 Å². The zero-order valence-electron chi connectivity index (χ0n) is 10.6. The van der Waals surface area contributed by atoms with Crippen molar-refractivity contribution in [2.75, 3.05) is 11.4 Å². The van der Waals surface area contributed by atoms with Crippen molar-refractivity contribution >= 4 is 11.5 Å². The van der Waals surface area contributed by atoms with Crippen LogP contribution in [0.4, 0.5) is 5.82 Å². The van der Waals surface area contributed by atoms with Crippen LogP contribution in [0, 0.1) is 5.92 Å². The fourth-order valence-electron chi connectivity index (χ4n) is 3.40. The molecule has 5 nitrogen and oxygen atoms in total.